The number of rotatable bonds is 3. The van der Waals surface area contributed by atoms with Gasteiger partial charge in [0.05, 0.1) is 16.4 Å². The first-order chi connectivity index (χ1) is 28.3. The second-order valence-corrected chi connectivity index (χ2v) is 15.0. The van der Waals surface area contributed by atoms with Gasteiger partial charge in [-0.25, -0.2) is 4.98 Å². The van der Waals surface area contributed by atoms with E-state index in [-0.39, 0.29) is 0 Å². The molecule has 10 aromatic rings. The van der Waals surface area contributed by atoms with Crippen LogP contribution in [0.4, 0.5) is 0 Å². The average molecular weight is 727 g/mol. The van der Waals surface area contributed by atoms with Crippen molar-refractivity contribution in [2.45, 2.75) is 5.41 Å². The van der Waals surface area contributed by atoms with Gasteiger partial charge in [-0.15, -0.1) is 0 Å². The van der Waals surface area contributed by atoms with Crippen LogP contribution in [0, 0.1) is 0 Å². The maximum absolute atomic E-state index is 7.01. The smallest absolute Gasteiger partial charge is 0.145 e. The molecule has 0 bridgehead atoms. The highest BCUT2D eigenvalue weighted by Crippen LogP contribution is 2.62. The first-order valence-corrected chi connectivity index (χ1v) is 19.5. The Hall–Kier alpha value is -7.49. The van der Waals surface area contributed by atoms with Crippen molar-refractivity contribution in [2.75, 3.05) is 0 Å². The minimum absolute atomic E-state index is 0.700. The zero-order valence-corrected chi connectivity index (χ0v) is 30.9. The Morgan fingerprint density at radius 3 is 1.88 bits per heavy atom. The van der Waals surface area contributed by atoms with Crippen molar-refractivity contribution in [1.29, 1.82) is 0 Å². The summed E-state index contributed by atoms with van der Waals surface area (Å²) < 4.78 is 9.28. The van der Waals surface area contributed by atoms with Crippen molar-refractivity contribution in [2.24, 2.45) is 0 Å². The molecule has 0 radical (unpaired) electrons. The molecule has 0 amide bonds. The van der Waals surface area contributed by atoms with Crippen molar-refractivity contribution in [3.8, 4) is 62.0 Å². The van der Waals surface area contributed by atoms with Crippen molar-refractivity contribution in [1.82, 2.24) is 9.55 Å². The fourth-order valence-electron chi connectivity index (χ4n) is 9.64. The van der Waals surface area contributed by atoms with Gasteiger partial charge in [0.1, 0.15) is 17.3 Å². The molecule has 1 aromatic heterocycles. The van der Waals surface area contributed by atoms with Gasteiger partial charge in [-0.05, 0) is 86.3 Å². The number of hydrogen-bond donors (Lipinski definition) is 0. The van der Waals surface area contributed by atoms with Crippen LogP contribution >= 0.6 is 0 Å². The van der Waals surface area contributed by atoms with Crippen molar-refractivity contribution < 1.29 is 4.74 Å². The van der Waals surface area contributed by atoms with Crippen LogP contribution < -0.4 is 4.74 Å². The second-order valence-electron chi connectivity index (χ2n) is 15.0. The third kappa shape index (κ3) is 4.57. The lowest BCUT2D eigenvalue weighted by Crippen LogP contribution is -2.34. The summed E-state index contributed by atoms with van der Waals surface area (Å²) in [5, 5.41) is 2.26. The largest absolute Gasteiger partial charge is 0.456 e. The minimum Gasteiger partial charge on any atom is -0.456 e. The van der Waals surface area contributed by atoms with Crippen LogP contribution in [0.2, 0.25) is 0 Å². The van der Waals surface area contributed by atoms with E-state index in [0.717, 1.165) is 72.6 Å². The number of aromatic nitrogens is 2. The Kier molecular flexibility index (Phi) is 6.84. The van der Waals surface area contributed by atoms with Gasteiger partial charge in [0, 0.05) is 27.8 Å². The molecular weight excluding hydrogens is 693 g/mol. The molecule has 1 aliphatic carbocycles. The molecular formula is C54H34N2O. The molecule has 1 spiro atoms. The Bertz CT molecular complexity index is 3220. The van der Waals surface area contributed by atoms with Gasteiger partial charge in [0.25, 0.3) is 0 Å². The molecule has 2 aliphatic rings. The van der Waals surface area contributed by atoms with Crippen molar-refractivity contribution in [3.05, 3.63) is 229 Å². The van der Waals surface area contributed by atoms with Crippen LogP contribution in [0.25, 0.3) is 72.3 Å². The van der Waals surface area contributed by atoms with Crippen LogP contribution in [-0.2, 0) is 5.41 Å². The summed E-state index contributed by atoms with van der Waals surface area (Å²) in [4.78, 5) is 5.33. The van der Waals surface area contributed by atoms with Gasteiger partial charge < -0.3 is 4.74 Å². The maximum Gasteiger partial charge on any atom is 0.145 e. The molecule has 3 heteroatoms. The zero-order chi connectivity index (χ0) is 37.5. The third-order valence-corrected chi connectivity index (χ3v) is 12.1. The Labute approximate surface area is 330 Å². The summed E-state index contributed by atoms with van der Waals surface area (Å²) in [6.07, 6.45) is 0. The maximum atomic E-state index is 7.01. The molecule has 0 N–H and O–H groups in total. The number of imidazole rings is 1. The van der Waals surface area contributed by atoms with Crippen LogP contribution in [0.15, 0.2) is 206 Å². The summed E-state index contributed by atoms with van der Waals surface area (Å²) in [5.41, 5.74) is 15.4. The number of ether oxygens (including phenoxy) is 1. The second kappa shape index (κ2) is 12.3. The summed E-state index contributed by atoms with van der Waals surface area (Å²) >= 11 is 0. The van der Waals surface area contributed by atoms with Crippen molar-refractivity contribution >= 4 is 21.8 Å². The molecule has 12 rings (SSSR count). The summed E-state index contributed by atoms with van der Waals surface area (Å²) in [6.45, 7) is 0. The van der Waals surface area contributed by atoms with E-state index in [1.54, 1.807) is 0 Å². The molecule has 0 saturated carbocycles. The first-order valence-electron chi connectivity index (χ1n) is 19.5. The van der Waals surface area contributed by atoms with E-state index >= 15 is 0 Å². The van der Waals surface area contributed by atoms with Crippen LogP contribution in [0.5, 0.6) is 11.5 Å². The number of hydrogen-bond acceptors (Lipinski definition) is 2. The number of benzene rings is 9. The lowest BCUT2D eigenvalue weighted by molar-refractivity contribution is 0.440. The first kappa shape index (κ1) is 31.8. The molecule has 57 heavy (non-hydrogen) atoms. The standard InChI is InChI=1S/C54H34N2O/c1-3-16-36(17-4-1)53-55-49-34-38(29-32-50(49)56(53)39-18-5-2-6-19-39)37-27-30-44-42-22-10-9-21-41(42)43-23-11-12-24-45(43)54(48(44)33-37)46-25-13-14-26-51(46)57-52-40-20-8-7-15-35(40)28-31-47(52)54/h1-34H. The Morgan fingerprint density at radius 1 is 0.421 bits per heavy atom. The van der Waals surface area contributed by atoms with E-state index < -0.39 is 5.41 Å². The van der Waals surface area contributed by atoms with Crippen LogP contribution in [-0.4, -0.2) is 9.55 Å². The fraction of sp³-hybridized carbons (Fsp3) is 0.0185. The van der Waals surface area contributed by atoms with E-state index in [1.807, 2.05) is 0 Å². The highest BCUT2D eigenvalue weighted by Gasteiger charge is 2.49. The Morgan fingerprint density at radius 2 is 1.05 bits per heavy atom. The highest BCUT2D eigenvalue weighted by atomic mass is 16.5. The molecule has 1 atom stereocenters. The SMILES string of the molecule is c1ccc(-c2nc3cc(-c4ccc5c(c4)C4(c6ccccc6Oc6c4ccc4ccccc64)c4ccccc4-c4ccccc4-5)ccc3n2-c2ccccc2)cc1. The van der Waals surface area contributed by atoms with Crippen LogP contribution in [0.3, 0.4) is 0 Å². The van der Waals surface area contributed by atoms with Gasteiger partial charge in [-0.3, -0.25) is 4.57 Å². The molecule has 0 fully saturated rings. The Balaban J connectivity index is 1.17. The van der Waals surface area contributed by atoms with Gasteiger partial charge in [-0.2, -0.15) is 0 Å². The lowest BCUT2D eigenvalue weighted by Gasteiger charge is -2.43. The summed E-state index contributed by atoms with van der Waals surface area (Å²) in [5.74, 6) is 2.70. The number of para-hydroxylation sites is 2. The van der Waals surface area contributed by atoms with E-state index in [2.05, 4.69) is 211 Å². The topological polar surface area (TPSA) is 27.1 Å². The van der Waals surface area contributed by atoms with Gasteiger partial charge in [-0.1, -0.05) is 170 Å². The van der Waals surface area contributed by atoms with Gasteiger partial charge in [0.2, 0.25) is 0 Å². The van der Waals surface area contributed by atoms with E-state index in [4.69, 9.17) is 9.72 Å². The van der Waals surface area contributed by atoms with E-state index in [1.165, 1.54) is 33.4 Å². The predicted molar refractivity (Wildman–Crippen MR) is 232 cm³/mol. The van der Waals surface area contributed by atoms with E-state index in [9.17, 15) is 0 Å². The lowest BCUT2D eigenvalue weighted by atomic mass is 9.61. The normalized spacial score (nSPS) is 14.9. The number of nitrogens with zero attached hydrogens (tertiary/aromatic N) is 2. The molecule has 9 aromatic carbocycles. The van der Waals surface area contributed by atoms with Gasteiger partial charge in [0.15, 0.2) is 0 Å². The third-order valence-electron chi connectivity index (χ3n) is 12.1. The quantitative estimate of drug-likeness (QED) is 0.181. The minimum atomic E-state index is -0.700. The summed E-state index contributed by atoms with van der Waals surface area (Å²) in [7, 11) is 0. The molecule has 1 unspecified atom stereocenters. The molecule has 0 saturated heterocycles. The molecule has 2 heterocycles. The van der Waals surface area contributed by atoms with Gasteiger partial charge >= 0.3 is 0 Å². The monoisotopic (exact) mass is 726 g/mol. The molecule has 266 valence electrons. The predicted octanol–water partition coefficient (Wildman–Crippen LogP) is 13.6. The van der Waals surface area contributed by atoms with Crippen LogP contribution in [0.1, 0.15) is 22.3 Å². The highest BCUT2D eigenvalue weighted by molar-refractivity contribution is 5.98. The molecule has 1 aliphatic heterocycles. The van der Waals surface area contributed by atoms with E-state index in [0.29, 0.717) is 0 Å². The molecule has 3 nitrogen and oxygen atoms in total. The fourth-order valence-corrected chi connectivity index (χ4v) is 9.64. The number of fused-ring (bicyclic) bond motifs is 14. The summed E-state index contributed by atoms with van der Waals surface area (Å²) in [6, 6.07) is 74.5. The zero-order valence-electron chi connectivity index (χ0n) is 30.9. The van der Waals surface area contributed by atoms with Crippen molar-refractivity contribution in [3.63, 3.8) is 0 Å². The average Bonchev–Trinajstić information content (AvgIpc) is 3.63.